The molecule has 1 aromatic rings. The van der Waals surface area contributed by atoms with E-state index in [0.29, 0.717) is 15.7 Å². The molecule has 6 heteroatoms. The molecule has 0 spiro atoms. The molecule has 1 N–H and O–H groups in total. The summed E-state index contributed by atoms with van der Waals surface area (Å²) in [4.78, 5) is 23.2. The molecule has 1 aromatic carbocycles. The first-order valence-corrected chi connectivity index (χ1v) is 6.52. The van der Waals surface area contributed by atoms with Gasteiger partial charge in [-0.1, -0.05) is 37.0 Å². The van der Waals surface area contributed by atoms with Crippen LogP contribution in [0.5, 0.6) is 0 Å². The fraction of sp³-hybridized carbons (Fsp3) is 0.385. The van der Waals surface area contributed by atoms with Crippen LogP contribution in [0.4, 0.5) is 5.69 Å². The van der Waals surface area contributed by atoms with Crippen molar-refractivity contribution >= 4 is 40.8 Å². The largest absolute Gasteiger partial charge is 0.452 e. The van der Waals surface area contributed by atoms with E-state index in [9.17, 15) is 9.59 Å². The first kappa shape index (κ1) is 15.8. The van der Waals surface area contributed by atoms with Gasteiger partial charge in [0.05, 0.1) is 5.92 Å². The van der Waals surface area contributed by atoms with Crippen LogP contribution in [0.25, 0.3) is 0 Å². The number of hydrogen-bond donors (Lipinski definition) is 1. The van der Waals surface area contributed by atoms with Gasteiger partial charge in [0.2, 0.25) is 0 Å². The monoisotopic (exact) mass is 303 g/mol. The summed E-state index contributed by atoms with van der Waals surface area (Å²) in [5, 5.41) is 3.41. The van der Waals surface area contributed by atoms with Gasteiger partial charge in [-0.3, -0.25) is 9.59 Å². The SMILES string of the molecule is CC(C)C(=O)O[C@@H](C)C(=O)Nc1cc(Cl)cc(Cl)c1. The molecule has 4 nitrogen and oxygen atoms in total. The number of nitrogens with one attached hydrogen (secondary N) is 1. The first-order chi connectivity index (χ1) is 8.79. The van der Waals surface area contributed by atoms with Gasteiger partial charge in [-0.2, -0.15) is 0 Å². The maximum absolute atomic E-state index is 11.8. The lowest BCUT2D eigenvalue weighted by Gasteiger charge is -2.15. The summed E-state index contributed by atoms with van der Waals surface area (Å²) in [6.45, 7) is 4.90. The Morgan fingerprint density at radius 2 is 1.63 bits per heavy atom. The van der Waals surface area contributed by atoms with Gasteiger partial charge in [0.25, 0.3) is 5.91 Å². The number of amides is 1. The summed E-state index contributed by atoms with van der Waals surface area (Å²) in [6.07, 6.45) is -0.882. The molecule has 0 saturated heterocycles. The van der Waals surface area contributed by atoms with Crippen LogP contribution >= 0.6 is 23.2 Å². The van der Waals surface area contributed by atoms with E-state index in [1.54, 1.807) is 32.0 Å². The number of benzene rings is 1. The van der Waals surface area contributed by atoms with E-state index >= 15 is 0 Å². The Morgan fingerprint density at radius 1 is 1.11 bits per heavy atom. The molecule has 0 heterocycles. The van der Waals surface area contributed by atoms with Crippen molar-refractivity contribution < 1.29 is 14.3 Å². The number of esters is 1. The molecule has 1 atom stereocenters. The third-order valence-corrected chi connectivity index (χ3v) is 2.70. The second-order valence-electron chi connectivity index (χ2n) is 4.38. The number of rotatable bonds is 4. The third-order valence-electron chi connectivity index (χ3n) is 2.26. The van der Waals surface area contributed by atoms with Crippen molar-refractivity contribution in [3.8, 4) is 0 Å². The van der Waals surface area contributed by atoms with Crippen LogP contribution in [0.3, 0.4) is 0 Å². The van der Waals surface area contributed by atoms with E-state index in [0.717, 1.165) is 0 Å². The van der Waals surface area contributed by atoms with Gasteiger partial charge in [-0.15, -0.1) is 0 Å². The smallest absolute Gasteiger partial charge is 0.309 e. The van der Waals surface area contributed by atoms with Crippen LogP contribution in [0.1, 0.15) is 20.8 Å². The summed E-state index contributed by atoms with van der Waals surface area (Å²) >= 11 is 11.6. The average Bonchev–Trinajstić information content (AvgIpc) is 2.26. The Bertz CT molecular complexity index is 469. The topological polar surface area (TPSA) is 55.4 Å². The highest BCUT2D eigenvalue weighted by Crippen LogP contribution is 2.22. The summed E-state index contributed by atoms with van der Waals surface area (Å²) in [7, 11) is 0. The van der Waals surface area contributed by atoms with E-state index in [1.807, 2.05) is 0 Å². The van der Waals surface area contributed by atoms with Crippen molar-refractivity contribution in [1.82, 2.24) is 0 Å². The molecule has 0 unspecified atom stereocenters. The zero-order valence-electron chi connectivity index (χ0n) is 10.9. The second kappa shape index (κ2) is 6.78. The van der Waals surface area contributed by atoms with Crippen LogP contribution in [0.15, 0.2) is 18.2 Å². The molecule has 1 rings (SSSR count). The highest BCUT2D eigenvalue weighted by molar-refractivity contribution is 6.35. The molecule has 0 fully saturated rings. The van der Waals surface area contributed by atoms with E-state index in [4.69, 9.17) is 27.9 Å². The molecular weight excluding hydrogens is 289 g/mol. The Kier molecular flexibility index (Phi) is 5.63. The maximum Gasteiger partial charge on any atom is 0.309 e. The molecule has 1 amide bonds. The van der Waals surface area contributed by atoms with Gasteiger partial charge >= 0.3 is 5.97 Å². The van der Waals surface area contributed by atoms with Gasteiger partial charge in [0.15, 0.2) is 6.10 Å². The maximum atomic E-state index is 11.8. The van der Waals surface area contributed by atoms with Crippen molar-refractivity contribution in [2.24, 2.45) is 5.92 Å². The van der Waals surface area contributed by atoms with E-state index in [1.165, 1.54) is 6.92 Å². The zero-order valence-corrected chi connectivity index (χ0v) is 12.4. The molecule has 0 saturated carbocycles. The minimum Gasteiger partial charge on any atom is -0.452 e. The number of carbonyl (C=O) groups is 2. The summed E-state index contributed by atoms with van der Waals surface area (Å²) in [5.41, 5.74) is 0.454. The summed E-state index contributed by atoms with van der Waals surface area (Å²) < 4.78 is 4.99. The third kappa shape index (κ3) is 5.09. The van der Waals surface area contributed by atoms with Crippen molar-refractivity contribution in [3.05, 3.63) is 28.2 Å². The van der Waals surface area contributed by atoms with Crippen molar-refractivity contribution in [3.63, 3.8) is 0 Å². The number of halogens is 2. The number of ether oxygens (including phenoxy) is 1. The average molecular weight is 304 g/mol. The van der Waals surface area contributed by atoms with Crippen LogP contribution in [0.2, 0.25) is 10.0 Å². The normalized spacial score (nSPS) is 12.1. The van der Waals surface area contributed by atoms with Crippen molar-refractivity contribution in [2.75, 3.05) is 5.32 Å². The lowest BCUT2D eigenvalue weighted by molar-refractivity contribution is -0.156. The minimum absolute atomic E-state index is 0.282. The van der Waals surface area contributed by atoms with Crippen molar-refractivity contribution in [1.29, 1.82) is 0 Å². The Hall–Kier alpha value is -1.26. The van der Waals surface area contributed by atoms with Gasteiger partial charge in [-0.05, 0) is 25.1 Å². The highest BCUT2D eigenvalue weighted by Gasteiger charge is 2.19. The standard InChI is InChI=1S/C13H15Cl2NO3/c1-7(2)13(18)19-8(3)12(17)16-11-5-9(14)4-10(15)6-11/h4-8H,1-3H3,(H,16,17)/t8-/m0/s1. The Balaban J connectivity index is 2.66. The van der Waals surface area contributed by atoms with Gasteiger partial charge in [0.1, 0.15) is 0 Å². The van der Waals surface area contributed by atoms with Crippen LogP contribution in [-0.2, 0) is 14.3 Å². The molecule has 0 aliphatic heterocycles. The molecule has 0 radical (unpaired) electrons. The summed E-state index contributed by atoms with van der Waals surface area (Å²) in [5.74, 6) is -1.14. The lowest BCUT2D eigenvalue weighted by Crippen LogP contribution is -2.31. The van der Waals surface area contributed by atoms with E-state index in [-0.39, 0.29) is 5.92 Å². The molecular formula is C13H15Cl2NO3. The molecule has 0 aromatic heterocycles. The number of hydrogen-bond acceptors (Lipinski definition) is 3. The molecule has 104 valence electrons. The Labute approximate surface area is 122 Å². The molecule has 0 aliphatic carbocycles. The second-order valence-corrected chi connectivity index (χ2v) is 5.25. The first-order valence-electron chi connectivity index (χ1n) is 5.77. The quantitative estimate of drug-likeness (QED) is 0.866. The minimum atomic E-state index is -0.882. The number of anilines is 1. The fourth-order valence-electron chi connectivity index (χ4n) is 1.23. The fourth-order valence-corrected chi connectivity index (χ4v) is 1.76. The van der Waals surface area contributed by atoms with Crippen LogP contribution in [0, 0.1) is 5.92 Å². The summed E-state index contributed by atoms with van der Waals surface area (Å²) in [6, 6.07) is 4.67. The zero-order chi connectivity index (χ0) is 14.6. The predicted molar refractivity (Wildman–Crippen MR) is 75.5 cm³/mol. The van der Waals surface area contributed by atoms with Crippen molar-refractivity contribution in [2.45, 2.75) is 26.9 Å². The van der Waals surface area contributed by atoms with E-state index < -0.39 is 18.0 Å². The van der Waals surface area contributed by atoms with Gasteiger partial charge < -0.3 is 10.1 Å². The van der Waals surface area contributed by atoms with Crippen LogP contribution in [-0.4, -0.2) is 18.0 Å². The molecule has 0 bridgehead atoms. The van der Waals surface area contributed by atoms with E-state index in [2.05, 4.69) is 5.32 Å². The highest BCUT2D eigenvalue weighted by atomic mass is 35.5. The number of carbonyl (C=O) groups excluding carboxylic acids is 2. The molecule has 19 heavy (non-hydrogen) atoms. The Morgan fingerprint density at radius 3 is 2.11 bits per heavy atom. The lowest BCUT2D eigenvalue weighted by atomic mass is 10.2. The predicted octanol–water partition coefficient (Wildman–Crippen LogP) is 3.52. The van der Waals surface area contributed by atoms with Crippen LogP contribution < -0.4 is 5.32 Å². The molecule has 0 aliphatic rings. The van der Waals surface area contributed by atoms with Gasteiger partial charge in [0, 0.05) is 15.7 Å². The van der Waals surface area contributed by atoms with Gasteiger partial charge in [-0.25, -0.2) is 0 Å².